The lowest BCUT2D eigenvalue weighted by Crippen LogP contribution is -2.21. The number of amides is 1. The van der Waals surface area contributed by atoms with E-state index in [-0.39, 0.29) is 18.3 Å². The first-order chi connectivity index (χ1) is 10.0. The van der Waals surface area contributed by atoms with Crippen molar-refractivity contribution < 1.29 is 9.18 Å². The highest BCUT2D eigenvalue weighted by Crippen LogP contribution is 2.17. The zero-order valence-corrected chi connectivity index (χ0v) is 12.2. The minimum absolute atomic E-state index is 0.0926. The minimum Gasteiger partial charge on any atom is -0.376 e. The molecule has 0 saturated carbocycles. The van der Waals surface area contributed by atoms with Gasteiger partial charge in [0.05, 0.1) is 6.54 Å². The molecule has 1 amide bonds. The molecule has 0 aromatic heterocycles. The fourth-order valence-electron chi connectivity index (χ4n) is 1.94. The molecule has 0 spiro atoms. The zero-order chi connectivity index (χ0) is 15.2. The SMILES string of the molecule is CC(C)c1ccc(NC(=O)CNc2cccc(F)c2)cc1. The number of benzene rings is 2. The largest absolute Gasteiger partial charge is 0.376 e. The Bertz CT molecular complexity index is 608. The van der Waals surface area contributed by atoms with E-state index in [9.17, 15) is 9.18 Å². The molecule has 110 valence electrons. The molecule has 3 nitrogen and oxygen atoms in total. The fraction of sp³-hybridized carbons (Fsp3) is 0.235. The highest BCUT2D eigenvalue weighted by molar-refractivity contribution is 5.93. The summed E-state index contributed by atoms with van der Waals surface area (Å²) in [6.07, 6.45) is 0. The quantitative estimate of drug-likeness (QED) is 0.872. The number of carbonyl (C=O) groups excluding carboxylic acids is 1. The van der Waals surface area contributed by atoms with Gasteiger partial charge in [0.2, 0.25) is 5.91 Å². The molecule has 21 heavy (non-hydrogen) atoms. The molecule has 4 heteroatoms. The highest BCUT2D eigenvalue weighted by Gasteiger charge is 2.04. The molecule has 0 aliphatic carbocycles. The monoisotopic (exact) mass is 286 g/mol. The molecule has 0 radical (unpaired) electrons. The first kappa shape index (κ1) is 15.0. The molecule has 0 heterocycles. The van der Waals surface area contributed by atoms with Gasteiger partial charge >= 0.3 is 0 Å². The van der Waals surface area contributed by atoms with Gasteiger partial charge in [0.1, 0.15) is 5.82 Å². The van der Waals surface area contributed by atoms with E-state index in [1.165, 1.54) is 17.7 Å². The third kappa shape index (κ3) is 4.60. The summed E-state index contributed by atoms with van der Waals surface area (Å²) in [6, 6.07) is 13.8. The summed E-state index contributed by atoms with van der Waals surface area (Å²) in [5.74, 6) is -0.0364. The maximum Gasteiger partial charge on any atom is 0.243 e. The van der Waals surface area contributed by atoms with Crippen LogP contribution in [0.4, 0.5) is 15.8 Å². The van der Waals surface area contributed by atoms with Crippen molar-refractivity contribution in [3.63, 3.8) is 0 Å². The summed E-state index contributed by atoms with van der Waals surface area (Å²) in [5, 5.41) is 5.68. The number of anilines is 2. The van der Waals surface area contributed by atoms with E-state index in [1.54, 1.807) is 12.1 Å². The van der Waals surface area contributed by atoms with Crippen LogP contribution < -0.4 is 10.6 Å². The average Bonchev–Trinajstić information content (AvgIpc) is 2.46. The van der Waals surface area contributed by atoms with Crippen LogP contribution in [-0.4, -0.2) is 12.5 Å². The third-order valence-corrected chi connectivity index (χ3v) is 3.14. The maximum atomic E-state index is 13.0. The van der Waals surface area contributed by atoms with Crippen molar-refractivity contribution in [3.8, 4) is 0 Å². The van der Waals surface area contributed by atoms with Gasteiger partial charge in [-0.3, -0.25) is 4.79 Å². The Labute approximate surface area is 124 Å². The van der Waals surface area contributed by atoms with Gasteiger partial charge < -0.3 is 10.6 Å². The van der Waals surface area contributed by atoms with Crippen LogP contribution in [0.15, 0.2) is 48.5 Å². The van der Waals surface area contributed by atoms with Gasteiger partial charge in [-0.2, -0.15) is 0 Å². The van der Waals surface area contributed by atoms with Crippen LogP contribution in [0, 0.1) is 5.82 Å². The van der Waals surface area contributed by atoms with Crippen molar-refractivity contribution in [1.29, 1.82) is 0 Å². The van der Waals surface area contributed by atoms with Gasteiger partial charge in [0.25, 0.3) is 0 Å². The van der Waals surface area contributed by atoms with Gasteiger partial charge in [0, 0.05) is 11.4 Å². The number of hydrogen-bond acceptors (Lipinski definition) is 2. The van der Waals surface area contributed by atoms with Crippen molar-refractivity contribution in [1.82, 2.24) is 0 Å². The Balaban J connectivity index is 1.87. The van der Waals surface area contributed by atoms with E-state index in [1.807, 2.05) is 24.3 Å². The summed E-state index contributed by atoms with van der Waals surface area (Å²) in [6.45, 7) is 4.34. The van der Waals surface area contributed by atoms with Gasteiger partial charge in [-0.15, -0.1) is 0 Å². The Hall–Kier alpha value is -2.36. The van der Waals surface area contributed by atoms with Crippen LogP contribution >= 0.6 is 0 Å². The van der Waals surface area contributed by atoms with E-state index in [2.05, 4.69) is 24.5 Å². The smallest absolute Gasteiger partial charge is 0.243 e. The van der Waals surface area contributed by atoms with E-state index < -0.39 is 0 Å². The van der Waals surface area contributed by atoms with Crippen molar-refractivity contribution in [3.05, 3.63) is 59.9 Å². The van der Waals surface area contributed by atoms with E-state index >= 15 is 0 Å². The van der Waals surface area contributed by atoms with Crippen molar-refractivity contribution in [2.24, 2.45) is 0 Å². The number of rotatable bonds is 5. The molecule has 0 bridgehead atoms. The number of carbonyl (C=O) groups is 1. The lowest BCUT2D eigenvalue weighted by Gasteiger charge is -2.09. The lowest BCUT2D eigenvalue weighted by atomic mass is 10.0. The topological polar surface area (TPSA) is 41.1 Å². The summed E-state index contributed by atoms with van der Waals surface area (Å²) in [7, 11) is 0. The molecule has 2 N–H and O–H groups in total. The first-order valence-electron chi connectivity index (χ1n) is 6.94. The minimum atomic E-state index is -0.329. The number of hydrogen-bond donors (Lipinski definition) is 2. The molecular weight excluding hydrogens is 267 g/mol. The molecule has 2 aromatic carbocycles. The fourth-order valence-corrected chi connectivity index (χ4v) is 1.94. The van der Waals surface area contributed by atoms with Crippen molar-refractivity contribution >= 4 is 17.3 Å². The van der Waals surface area contributed by atoms with E-state index in [0.717, 1.165) is 5.69 Å². The second-order valence-corrected chi connectivity index (χ2v) is 5.19. The Morgan fingerprint density at radius 1 is 1.10 bits per heavy atom. The molecule has 2 rings (SSSR count). The second kappa shape index (κ2) is 6.88. The summed E-state index contributed by atoms with van der Waals surface area (Å²) in [5.41, 5.74) is 2.57. The van der Waals surface area contributed by atoms with Crippen LogP contribution in [0.1, 0.15) is 25.3 Å². The molecule has 0 aliphatic rings. The zero-order valence-electron chi connectivity index (χ0n) is 12.2. The van der Waals surface area contributed by atoms with Crippen LogP contribution in [0.2, 0.25) is 0 Å². The Kier molecular flexibility index (Phi) is 4.93. The molecule has 0 fully saturated rings. The van der Waals surface area contributed by atoms with Gasteiger partial charge in [0.15, 0.2) is 0 Å². The molecule has 0 saturated heterocycles. The summed E-state index contributed by atoms with van der Waals surface area (Å²) < 4.78 is 13.0. The maximum absolute atomic E-state index is 13.0. The number of halogens is 1. The molecule has 2 aromatic rings. The van der Waals surface area contributed by atoms with E-state index in [0.29, 0.717) is 11.6 Å². The molecule has 0 unspecified atom stereocenters. The van der Waals surface area contributed by atoms with E-state index in [4.69, 9.17) is 0 Å². The molecule has 0 atom stereocenters. The lowest BCUT2D eigenvalue weighted by molar-refractivity contribution is -0.114. The molecule has 0 aliphatic heterocycles. The first-order valence-corrected chi connectivity index (χ1v) is 6.94. The van der Waals surface area contributed by atoms with Crippen molar-refractivity contribution in [2.75, 3.05) is 17.2 Å². The Morgan fingerprint density at radius 2 is 1.81 bits per heavy atom. The van der Waals surface area contributed by atoms with Crippen molar-refractivity contribution in [2.45, 2.75) is 19.8 Å². The predicted octanol–water partition coefficient (Wildman–Crippen LogP) is 4.00. The molecular formula is C17H19FN2O. The van der Waals surface area contributed by atoms with Gasteiger partial charge in [-0.25, -0.2) is 4.39 Å². The Morgan fingerprint density at radius 3 is 2.43 bits per heavy atom. The standard InChI is InChI=1S/C17H19FN2O/c1-12(2)13-6-8-15(9-7-13)20-17(21)11-19-16-5-3-4-14(18)10-16/h3-10,12,19H,11H2,1-2H3,(H,20,21). The normalized spacial score (nSPS) is 10.5. The number of nitrogens with one attached hydrogen (secondary N) is 2. The highest BCUT2D eigenvalue weighted by atomic mass is 19.1. The average molecular weight is 286 g/mol. The third-order valence-electron chi connectivity index (χ3n) is 3.14. The summed E-state index contributed by atoms with van der Waals surface area (Å²) in [4.78, 5) is 11.8. The van der Waals surface area contributed by atoms with Gasteiger partial charge in [-0.05, 0) is 41.8 Å². The summed E-state index contributed by atoms with van der Waals surface area (Å²) >= 11 is 0. The predicted molar refractivity (Wildman–Crippen MR) is 84.1 cm³/mol. The second-order valence-electron chi connectivity index (χ2n) is 5.19. The van der Waals surface area contributed by atoms with Crippen LogP contribution in [0.5, 0.6) is 0 Å². The van der Waals surface area contributed by atoms with Crippen LogP contribution in [0.3, 0.4) is 0 Å². The van der Waals surface area contributed by atoms with Gasteiger partial charge in [-0.1, -0.05) is 32.0 Å². The van der Waals surface area contributed by atoms with Crippen LogP contribution in [0.25, 0.3) is 0 Å². The van der Waals surface area contributed by atoms with Crippen LogP contribution in [-0.2, 0) is 4.79 Å².